The maximum Gasteiger partial charge on any atom is 0.273 e. The van der Waals surface area contributed by atoms with E-state index >= 15 is 0 Å². The number of nitrogens with zero attached hydrogens (tertiary/aromatic N) is 3. The van der Waals surface area contributed by atoms with Crippen LogP contribution in [0.1, 0.15) is 31.3 Å². The Morgan fingerprint density at radius 2 is 1.88 bits per heavy atom. The van der Waals surface area contributed by atoms with Crippen LogP contribution in [-0.2, 0) is 0 Å². The summed E-state index contributed by atoms with van der Waals surface area (Å²) in [5, 5.41) is 2.41. The molecule has 1 amide bonds. The molecule has 0 spiro atoms. The SMILES string of the molecule is CN(C(=O)c1csc(-c2ccc(-c3ccccc3F)cn2)n1)C(C)(C)C. The summed E-state index contributed by atoms with van der Waals surface area (Å²) in [4.78, 5) is 23.0. The normalized spacial score (nSPS) is 11.4. The van der Waals surface area contributed by atoms with Gasteiger partial charge in [0.25, 0.3) is 5.91 Å². The van der Waals surface area contributed by atoms with Crippen molar-refractivity contribution in [1.29, 1.82) is 0 Å². The van der Waals surface area contributed by atoms with Gasteiger partial charge >= 0.3 is 0 Å². The third-order valence-electron chi connectivity index (χ3n) is 4.20. The van der Waals surface area contributed by atoms with E-state index in [-0.39, 0.29) is 17.3 Å². The minimum atomic E-state index is -0.283. The van der Waals surface area contributed by atoms with Gasteiger partial charge in [-0.2, -0.15) is 0 Å². The topological polar surface area (TPSA) is 46.1 Å². The van der Waals surface area contributed by atoms with E-state index in [0.717, 1.165) is 0 Å². The largest absolute Gasteiger partial charge is 0.336 e. The maximum atomic E-state index is 13.9. The van der Waals surface area contributed by atoms with Gasteiger partial charge in [0.2, 0.25) is 0 Å². The maximum absolute atomic E-state index is 13.9. The molecule has 6 heteroatoms. The molecule has 0 saturated heterocycles. The fraction of sp³-hybridized carbons (Fsp3) is 0.250. The molecule has 3 aromatic rings. The van der Waals surface area contributed by atoms with Gasteiger partial charge in [0.1, 0.15) is 16.5 Å². The molecular weight excluding hydrogens is 349 g/mol. The van der Waals surface area contributed by atoms with Crippen molar-refractivity contribution in [3.63, 3.8) is 0 Å². The van der Waals surface area contributed by atoms with Crippen molar-refractivity contribution in [1.82, 2.24) is 14.9 Å². The van der Waals surface area contributed by atoms with Gasteiger partial charge in [-0.25, -0.2) is 9.37 Å². The van der Waals surface area contributed by atoms with Crippen molar-refractivity contribution in [2.45, 2.75) is 26.3 Å². The monoisotopic (exact) mass is 369 g/mol. The lowest BCUT2D eigenvalue weighted by Gasteiger charge is -2.31. The van der Waals surface area contributed by atoms with Gasteiger partial charge in [0, 0.05) is 35.3 Å². The van der Waals surface area contributed by atoms with Gasteiger partial charge in [0.05, 0.1) is 5.69 Å². The van der Waals surface area contributed by atoms with E-state index in [1.807, 2.05) is 26.8 Å². The Morgan fingerprint density at radius 3 is 2.50 bits per heavy atom. The van der Waals surface area contributed by atoms with Crippen LogP contribution in [0.2, 0.25) is 0 Å². The first-order valence-corrected chi connectivity index (χ1v) is 9.10. The molecule has 0 aliphatic heterocycles. The fourth-order valence-corrected chi connectivity index (χ4v) is 3.11. The smallest absolute Gasteiger partial charge is 0.273 e. The van der Waals surface area contributed by atoms with E-state index in [2.05, 4.69) is 9.97 Å². The van der Waals surface area contributed by atoms with Gasteiger partial charge < -0.3 is 4.90 Å². The van der Waals surface area contributed by atoms with Gasteiger partial charge in [-0.05, 0) is 32.9 Å². The fourth-order valence-electron chi connectivity index (χ4n) is 2.34. The number of benzene rings is 1. The number of carbonyl (C=O) groups is 1. The molecular formula is C20H20FN3OS. The zero-order valence-corrected chi connectivity index (χ0v) is 16.0. The second-order valence-electron chi connectivity index (χ2n) is 6.98. The third-order valence-corrected chi connectivity index (χ3v) is 5.07. The first-order chi connectivity index (χ1) is 12.3. The van der Waals surface area contributed by atoms with E-state index in [0.29, 0.717) is 27.5 Å². The highest BCUT2D eigenvalue weighted by molar-refractivity contribution is 7.13. The Labute approximate surface area is 156 Å². The molecule has 0 radical (unpaired) electrons. The van der Waals surface area contributed by atoms with Crippen molar-refractivity contribution < 1.29 is 9.18 Å². The van der Waals surface area contributed by atoms with E-state index in [9.17, 15) is 9.18 Å². The summed E-state index contributed by atoms with van der Waals surface area (Å²) in [6.45, 7) is 5.92. The highest BCUT2D eigenvalue weighted by atomic mass is 32.1. The molecule has 2 heterocycles. The number of thiazole rings is 1. The summed E-state index contributed by atoms with van der Waals surface area (Å²) in [7, 11) is 1.77. The Bertz CT molecular complexity index is 929. The van der Waals surface area contributed by atoms with Gasteiger partial charge in [-0.3, -0.25) is 9.78 Å². The third kappa shape index (κ3) is 3.65. The summed E-state index contributed by atoms with van der Waals surface area (Å²) >= 11 is 1.37. The van der Waals surface area contributed by atoms with Crippen LogP contribution >= 0.6 is 11.3 Å². The molecule has 0 bridgehead atoms. The van der Waals surface area contributed by atoms with Crippen molar-refractivity contribution in [3.8, 4) is 21.8 Å². The lowest BCUT2D eigenvalue weighted by atomic mass is 10.1. The first kappa shape index (κ1) is 18.2. The molecule has 1 aromatic carbocycles. The van der Waals surface area contributed by atoms with Crippen LogP contribution in [0.5, 0.6) is 0 Å². The lowest BCUT2D eigenvalue weighted by Crippen LogP contribution is -2.42. The quantitative estimate of drug-likeness (QED) is 0.661. The van der Waals surface area contributed by atoms with Crippen LogP contribution < -0.4 is 0 Å². The average molecular weight is 369 g/mol. The minimum Gasteiger partial charge on any atom is -0.336 e. The van der Waals surface area contributed by atoms with Crippen molar-refractivity contribution in [2.75, 3.05) is 7.05 Å². The van der Waals surface area contributed by atoms with Crippen LogP contribution in [-0.4, -0.2) is 33.4 Å². The van der Waals surface area contributed by atoms with Crippen molar-refractivity contribution in [2.24, 2.45) is 0 Å². The molecule has 3 rings (SSSR count). The molecule has 4 nitrogen and oxygen atoms in total. The number of hydrogen-bond acceptors (Lipinski definition) is 4. The summed E-state index contributed by atoms with van der Waals surface area (Å²) in [6, 6.07) is 10.2. The van der Waals surface area contributed by atoms with Crippen LogP contribution in [0.25, 0.3) is 21.8 Å². The number of hydrogen-bond donors (Lipinski definition) is 0. The molecule has 0 atom stereocenters. The lowest BCUT2D eigenvalue weighted by molar-refractivity contribution is 0.0650. The zero-order valence-electron chi connectivity index (χ0n) is 15.2. The van der Waals surface area contributed by atoms with Crippen LogP contribution in [0.15, 0.2) is 48.0 Å². The molecule has 0 unspecified atom stereocenters. The highest BCUT2D eigenvalue weighted by Gasteiger charge is 2.25. The second kappa shape index (κ2) is 6.96. The molecule has 26 heavy (non-hydrogen) atoms. The zero-order chi connectivity index (χ0) is 18.9. The minimum absolute atomic E-state index is 0.122. The molecule has 2 aromatic heterocycles. The van der Waals surface area contributed by atoms with Crippen LogP contribution in [0.3, 0.4) is 0 Å². The molecule has 0 saturated carbocycles. The Hall–Kier alpha value is -2.60. The number of aromatic nitrogens is 2. The molecule has 0 N–H and O–H groups in total. The Kier molecular flexibility index (Phi) is 4.87. The predicted molar refractivity (Wildman–Crippen MR) is 103 cm³/mol. The van der Waals surface area contributed by atoms with E-state index in [1.165, 1.54) is 17.4 Å². The number of halogens is 1. The van der Waals surface area contributed by atoms with Crippen molar-refractivity contribution in [3.05, 3.63) is 59.5 Å². The van der Waals surface area contributed by atoms with Crippen molar-refractivity contribution >= 4 is 17.2 Å². The summed E-state index contributed by atoms with van der Waals surface area (Å²) in [5.74, 6) is -0.405. The number of carbonyl (C=O) groups excluding carboxylic acids is 1. The highest BCUT2D eigenvalue weighted by Crippen LogP contribution is 2.27. The number of amides is 1. The first-order valence-electron chi connectivity index (χ1n) is 8.22. The predicted octanol–water partition coefficient (Wildman–Crippen LogP) is 4.88. The van der Waals surface area contributed by atoms with Crippen LogP contribution in [0, 0.1) is 5.82 Å². The number of pyridine rings is 1. The average Bonchev–Trinajstić information content (AvgIpc) is 3.10. The Morgan fingerprint density at radius 1 is 1.15 bits per heavy atom. The standard InChI is InChI=1S/C20H20FN3OS/c1-20(2,3)24(4)19(25)17-12-26-18(23-17)16-10-9-13(11-22-16)14-7-5-6-8-15(14)21/h5-12H,1-4H3. The summed E-state index contributed by atoms with van der Waals surface area (Å²) < 4.78 is 13.9. The van der Waals surface area contributed by atoms with E-state index in [1.54, 1.807) is 47.8 Å². The molecule has 134 valence electrons. The van der Waals surface area contributed by atoms with Gasteiger partial charge in [-0.15, -0.1) is 11.3 Å². The molecule has 0 aliphatic carbocycles. The van der Waals surface area contributed by atoms with Gasteiger partial charge in [-0.1, -0.05) is 24.3 Å². The summed E-state index contributed by atoms with van der Waals surface area (Å²) in [5.41, 5.74) is 2.00. The molecule has 0 fully saturated rings. The van der Waals surface area contributed by atoms with Crippen LogP contribution in [0.4, 0.5) is 4.39 Å². The van der Waals surface area contributed by atoms with E-state index in [4.69, 9.17) is 0 Å². The Balaban J connectivity index is 1.84. The number of rotatable bonds is 3. The summed E-state index contributed by atoms with van der Waals surface area (Å²) in [6.07, 6.45) is 1.62. The molecule has 0 aliphatic rings. The van der Waals surface area contributed by atoms with Gasteiger partial charge in [0.15, 0.2) is 0 Å². The second-order valence-corrected chi connectivity index (χ2v) is 7.84. The van der Waals surface area contributed by atoms with E-state index < -0.39 is 0 Å².